The van der Waals surface area contributed by atoms with Gasteiger partial charge in [-0.2, -0.15) is 0 Å². The molecule has 0 spiro atoms. The lowest BCUT2D eigenvalue weighted by Crippen LogP contribution is -2.25. The van der Waals surface area contributed by atoms with Crippen LogP contribution in [0.1, 0.15) is 38.7 Å². The Morgan fingerprint density at radius 1 is 1.28 bits per heavy atom. The van der Waals surface area contributed by atoms with Crippen LogP contribution >= 0.6 is 0 Å². The lowest BCUT2D eigenvalue weighted by atomic mass is 9.85. The van der Waals surface area contributed by atoms with Gasteiger partial charge in [-0.05, 0) is 49.4 Å². The maximum absolute atomic E-state index is 4.38. The second-order valence-corrected chi connectivity index (χ2v) is 6.10. The van der Waals surface area contributed by atoms with Crippen LogP contribution in [-0.4, -0.2) is 30.0 Å². The first kappa shape index (κ1) is 13.3. The molecule has 1 aromatic heterocycles. The summed E-state index contributed by atoms with van der Waals surface area (Å²) in [6, 6.07) is 4.23. The van der Waals surface area contributed by atoms with E-state index >= 15 is 0 Å². The Morgan fingerprint density at radius 2 is 2.11 bits per heavy atom. The van der Waals surface area contributed by atoms with Crippen LogP contribution in [0.15, 0.2) is 18.3 Å². The van der Waals surface area contributed by atoms with Crippen LogP contribution in [-0.2, 0) is 6.54 Å². The van der Waals surface area contributed by atoms with E-state index in [2.05, 4.69) is 41.2 Å². The maximum atomic E-state index is 4.38. The molecule has 0 unspecified atom stereocenters. The molecule has 1 aromatic rings. The van der Waals surface area contributed by atoms with Crippen molar-refractivity contribution >= 4 is 5.82 Å². The van der Waals surface area contributed by atoms with Gasteiger partial charge in [-0.3, -0.25) is 4.90 Å². The molecule has 0 bridgehead atoms. The van der Waals surface area contributed by atoms with Crippen molar-refractivity contribution in [1.29, 1.82) is 0 Å². The highest BCUT2D eigenvalue weighted by atomic mass is 15.1. The van der Waals surface area contributed by atoms with E-state index in [1.54, 1.807) is 0 Å². The molecule has 18 heavy (non-hydrogen) atoms. The van der Waals surface area contributed by atoms with Crippen molar-refractivity contribution in [1.82, 2.24) is 9.88 Å². The van der Waals surface area contributed by atoms with Crippen LogP contribution in [0.3, 0.4) is 0 Å². The van der Waals surface area contributed by atoms with Gasteiger partial charge in [0.05, 0.1) is 0 Å². The Hall–Kier alpha value is -1.09. The van der Waals surface area contributed by atoms with E-state index in [4.69, 9.17) is 0 Å². The normalized spacial score (nSPS) is 20.4. The molecule has 0 aromatic carbocycles. The summed E-state index contributed by atoms with van der Waals surface area (Å²) in [7, 11) is 1.90. The Labute approximate surface area is 111 Å². The van der Waals surface area contributed by atoms with Gasteiger partial charge in [-0.25, -0.2) is 4.98 Å². The van der Waals surface area contributed by atoms with Crippen LogP contribution in [0.5, 0.6) is 0 Å². The van der Waals surface area contributed by atoms with E-state index in [1.807, 2.05) is 13.2 Å². The number of anilines is 1. The quantitative estimate of drug-likeness (QED) is 0.889. The highest BCUT2D eigenvalue weighted by molar-refractivity contribution is 5.34. The smallest absolute Gasteiger partial charge is 0.125 e. The molecule has 1 aliphatic rings. The van der Waals surface area contributed by atoms with Gasteiger partial charge >= 0.3 is 0 Å². The average molecular weight is 247 g/mol. The maximum Gasteiger partial charge on any atom is 0.125 e. The van der Waals surface area contributed by atoms with Gasteiger partial charge in [0.1, 0.15) is 5.82 Å². The summed E-state index contributed by atoms with van der Waals surface area (Å²) in [5, 5.41) is 3.05. The second-order valence-electron chi connectivity index (χ2n) is 6.10. The van der Waals surface area contributed by atoms with Gasteiger partial charge in [0.25, 0.3) is 0 Å². The number of hydrogen-bond donors (Lipinski definition) is 1. The molecule has 0 atom stereocenters. The first-order valence-corrected chi connectivity index (χ1v) is 6.94. The van der Waals surface area contributed by atoms with Crippen LogP contribution in [0.25, 0.3) is 0 Å². The Morgan fingerprint density at radius 3 is 2.78 bits per heavy atom. The predicted octanol–water partition coefficient (Wildman–Crippen LogP) is 3.14. The van der Waals surface area contributed by atoms with E-state index < -0.39 is 0 Å². The summed E-state index contributed by atoms with van der Waals surface area (Å²) < 4.78 is 0. The van der Waals surface area contributed by atoms with Crippen molar-refractivity contribution in [3.63, 3.8) is 0 Å². The number of hydrogen-bond acceptors (Lipinski definition) is 3. The molecule has 1 N–H and O–H groups in total. The molecular weight excluding hydrogens is 222 g/mol. The fraction of sp³-hybridized carbons (Fsp3) is 0.667. The standard InChI is InChI=1S/C15H25N3/c1-15(2)7-4-9-18(10-8-15)12-13-5-6-14(16-3)17-11-13/h5-6,11H,4,7-10,12H2,1-3H3,(H,16,17). The third kappa shape index (κ3) is 3.70. The van der Waals surface area contributed by atoms with Crippen LogP contribution in [0, 0.1) is 5.41 Å². The lowest BCUT2D eigenvalue weighted by Gasteiger charge is -2.23. The van der Waals surface area contributed by atoms with Crippen molar-refractivity contribution in [2.24, 2.45) is 5.41 Å². The Bertz CT molecular complexity index is 370. The third-order valence-electron chi connectivity index (χ3n) is 3.92. The molecule has 2 heterocycles. The van der Waals surface area contributed by atoms with Gasteiger partial charge in [0.2, 0.25) is 0 Å². The number of nitrogens with zero attached hydrogens (tertiary/aromatic N) is 2. The van der Waals surface area contributed by atoms with Gasteiger partial charge in [-0.1, -0.05) is 19.9 Å². The number of likely N-dealkylation sites (tertiary alicyclic amines) is 1. The topological polar surface area (TPSA) is 28.2 Å². The van der Waals surface area contributed by atoms with Crippen LogP contribution in [0.4, 0.5) is 5.82 Å². The molecule has 100 valence electrons. The molecule has 1 saturated heterocycles. The fourth-order valence-electron chi connectivity index (χ4n) is 2.56. The van der Waals surface area contributed by atoms with E-state index in [1.165, 1.54) is 37.9 Å². The number of nitrogens with one attached hydrogen (secondary N) is 1. The average Bonchev–Trinajstić information content (AvgIpc) is 2.52. The van der Waals surface area contributed by atoms with E-state index in [9.17, 15) is 0 Å². The SMILES string of the molecule is CNc1ccc(CN2CCCC(C)(C)CC2)cn1. The van der Waals surface area contributed by atoms with Gasteiger partial charge in [0, 0.05) is 19.8 Å². The number of aromatic nitrogens is 1. The highest BCUT2D eigenvalue weighted by Crippen LogP contribution is 2.30. The van der Waals surface area contributed by atoms with E-state index in [0.29, 0.717) is 5.41 Å². The van der Waals surface area contributed by atoms with Crippen molar-refractivity contribution < 1.29 is 0 Å². The highest BCUT2D eigenvalue weighted by Gasteiger charge is 2.22. The van der Waals surface area contributed by atoms with Gasteiger partial charge in [0.15, 0.2) is 0 Å². The summed E-state index contributed by atoms with van der Waals surface area (Å²) in [4.78, 5) is 6.94. The monoisotopic (exact) mass is 247 g/mol. The first-order chi connectivity index (χ1) is 8.59. The molecule has 0 radical (unpaired) electrons. The summed E-state index contributed by atoms with van der Waals surface area (Å²) >= 11 is 0. The summed E-state index contributed by atoms with van der Waals surface area (Å²) in [5.74, 6) is 0.941. The van der Waals surface area contributed by atoms with Crippen molar-refractivity contribution in [2.45, 2.75) is 39.7 Å². The Kier molecular flexibility index (Phi) is 4.23. The first-order valence-electron chi connectivity index (χ1n) is 6.94. The van der Waals surface area contributed by atoms with Gasteiger partial charge < -0.3 is 5.32 Å². The van der Waals surface area contributed by atoms with E-state index in [-0.39, 0.29) is 0 Å². The zero-order chi connectivity index (χ0) is 13.0. The van der Waals surface area contributed by atoms with Crippen molar-refractivity contribution in [3.05, 3.63) is 23.9 Å². The predicted molar refractivity (Wildman–Crippen MR) is 76.7 cm³/mol. The second kappa shape index (κ2) is 5.70. The minimum Gasteiger partial charge on any atom is -0.373 e. The molecule has 3 heteroatoms. The lowest BCUT2D eigenvalue weighted by molar-refractivity contribution is 0.255. The zero-order valence-corrected chi connectivity index (χ0v) is 11.9. The largest absolute Gasteiger partial charge is 0.373 e. The van der Waals surface area contributed by atoms with Gasteiger partial charge in [-0.15, -0.1) is 0 Å². The van der Waals surface area contributed by atoms with Crippen molar-refractivity contribution in [2.75, 3.05) is 25.5 Å². The summed E-state index contributed by atoms with van der Waals surface area (Å²) in [6.07, 6.45) is 5.95. The van der Waals surface area contributed by atoms with Crippen molar-refractivity contribution in [3.8, 4) is 0 Å². The number of pyridine rings is 1. The van der Waals surface area contributed by atoms with Crippen LogP contribution in [0.2, 0.25) is 0 Å². The van der Waals surface area contributed by atoms with E-state index in [0.717, 1.165) is 12.4 Å². The Balaban J connectivity index is 1.92. The summed E-state index contributed by atoms with van der Waals surface area (Å²) in [5.41, 5.74) is 1.83. The zero-order valence-electron chi connectivity index (χ0n) is 11.9. The molecule has 1 aliphatic heterocycles. The minimum absolute atomic E-state index is 0.517. The fourth-order valence-corrected chi connectivity index (χ4v) is 2.56. The third-order valence-corrected chi connectivity index (χ3v) is 3.92. The molecule has 0 aliphatic carbocycles. The molecule has 1 fully saturated rings. The molecule has 2 rings (SSSR count). The molecule has 0 saturated carbocycles. The minimum atomic E-state index is 0.517. The molecule has 0 amide bonds. The van der Waals surface area contributed by atoms with Crippen LogP contribution < -0.4 is 5.32 Å². The summed E-state index contributed by atoms with van der Waals surface area (Å²) in [6.45, 7) is 8.24. The number of rotatable bonds is 3. The molecular formula is C15H25N3. The molecule has 3 nitrogen and oxygen atoms in total.